The highest BCUT2D eigenvalue weighted by molar-refractivity contribution is 5.47. The van der Waals surface area contributed by atoms with Gasteiger partial charge in [0.15, 0.2) is 0 Å². The van der Waals surface area contributed by atoms with Gasteiger partial charge in [0.05, 0.1) is 20.3 Å². The van der Waals surface area contributed by atoms with Crippen molar-refractivity contribution in [3.8, 4) is 11.5 Å². The van der Waals surface area contributed by atoms with Crippen LogP contribution in [-0.2, 0) is 4.74 Å². The smallest absolute Gasteiger partial charge is 0.125 e. The lowest BCUT2D eigenvalue weighted by Crippen LogP contribution is -2.15. The van der Waals surface area contributed by atoms with E-state index in [9.17, 15) is 0 Å². The fourth-order valence-electron chi connectivity index (χ4n) is 1.68. The molecule has 1 atom stereocenters. The van der Waals surface area contributed by atoms with E-state index in [2.05, 4.69) is 0 Å². The Morgan fingerprint density at radius 1 is 1.12 bits per heavy atom. The molecular formula is C12H19NO3. The zero-order valence-electron chi connectivity index (χ0n) is 10.2. The second-order valence-electron chi connectivity index (χ2n) is 3.52. The van der Waals surface area contributed by atoms with Crippen LogP contribution in [0.2, 0.25) is 0 Å². The van der Waals surface area contributed by atoms with Gasteiger partial charge >= 0.3 is 0 Å². The largest absolute Gasteiger partial charge is 0.496 e. The van der Waals surface area contributed by atoms with Crippen molar-refractivity contribution >= 4 is 0 Å². The third kappa shape index (κ3) is 2.46. The van der Waals surface area contributed by atoms with Crippen molar-refractivity contribution in [2.45, 2.75) is 13.0 Å². The molecule has 0 aliphatic heterocycles. The number of methoxy groups -OCH3 is 3. The number of hydrogen-bond donors (Lipinski definition) is 1. The molecule has 90 valence electrons. The predicted molar refractivity (Wildman–Crippen MR) is 63.1 cm³/mol. The maximum absolute atomic E-state index is 5.65. The van der Waals surface area contributed by atoms with E-state index in [0.29, 0.717) is 6.54 Å². The van der Waals surface area contributed by atoms with Gasteiger partial charge in [-0.3, -0.25) is 0 Å². The van der Waals surface area contributed by atoms with Crippen LogP contribution < -0.4 is 15.2 Å². The molecule has 0 aliphatic rings. The van der Waals surface area contributed by atoms with E-state index < -0.39 is 0 Å². The number of benzene rings is 1. The van der Waals surface area contributed by atoms with Crippen LogP contribution >= 0.6 is 0 Å². The topological polar surface area (TPSA) is 53.7 Å². The first-order chi connectivity index (χ1) is 7.67. The van der Waals surface area contributed by atoms with Crippen molar-refractivity contribution in [2.75, 3.05) is 27.9 Å². The first kappa shape index (κ1) is 12.8. The Balaban J connectivity index is 3.23. The highest BCUT2D eigenvalue weighted by atomic mass is 16.5. The molecule has 0 saturated carbocycles. The summed E-state index contributed by atoms with van der Waals surface area (Å²) in [6.07, 6.45) is -0.176. The number of nitrogens with two attached hydrogens (primary N) is 1. The summed E-state index contributed by atoms with van der Waals surface area (Å²) >= 11 is 0. The molecular weight excluding hydrogens is 206 g/mol. The summed E-state index contributed by atoms with van der Waals surface area (Å²) in [5, 5.41) is 0. The molecule has 0 saturated heterocycles. The quantitative estimate of drug-likeness (QED) is 0.828. The first-order valence-electron chi connectivity index (χ1n) is 5.13. The van der Waals surface area contributed by atoms with Crippen LogP contribution in [0, 0.1) is 6.92 Å². The molecule has 2 N–H and O–H groups in total. The van der Waals surface area contributed by atoms with Gasteiger partial charge in [-0.05, 0) is 24.6 Å². The Kier molecular flexibility index (Phi) is 4.58. The summed E-state index contributed by atoms with van der Waals surface area (Å²) in [7, 11) is 4.90. The predicted octanol–water partition coefficient (Wildman–Crippen LogP) is 1.66. The average molecular weight is 225 g/mol. The van der Waals surface area contributed by atoms with Crippen molar-refractivity contribution in [1.29, 1.82) is 0 Å². The van der Waals surface area contributed by atoms with E-state index in [1.165, 1.54) is 0 Å². The minimum atomic E-state index is -0.176. The SMILES string of the molecule is COc1cc(C(CN)OC)c(OC)cc1C. The molecule has 1 aromatic rings. The Labute approximate surface area is 96.3 Å². The van der Waals surface area contributed by atoms with Crippen molar-refractivity contribution < 1.29 is 14.2 Å². The maximum Gasteiger partial charge on any atom is 0.125 e. The number of hydrogen-bond acceptors (Lipinski definition) is 4. The van der Waals surface area contributed by atoms with Crippen LogP contribution in [0.15, 0.2) is 12.1 Å². The van der Waals surface area contributed by atoms with Gasteiger partial charge in [-0.2, -0.15) is 0 Å². The lowest BCUT2D eigenvalue weighted by molar-refractivity contribution is 0.108. The van der Waals surface area contributed by atoms with E-state index in [4.69, 9.17) is 19.9 Å². The summed E-state index contributed by atoms with van der Waals surface area (Å²) in [5.41, 5.74) is 7.58. The lowest BCUT2D eigenvalue weighted by atomic mass is 10.0. The minimum absolute atomic E-state index is 0.176. The molecule has 0 amide bonds. The standard InChI is InChI=1S/C12H19NO3/c1-8-5-11(15-3)9(6-10(8)14-2)12(7-13)16-4/h5-6,12H,7,13H2,1-4H3. The molecule has 0 fully saturated rings. The zero-order valence-corrected chi connectivity index (χ0v) is 10.2. The molecule has 0 aromatic heterocycles. The van der Waals surface area contributed by atoms with Crippen LogP contribution in [0.25, 0.3) is 0 Å². The molecule has 4 heteroatoms. The number of ether oxygens (including phenoxy) is 3. The van der Waals surface area contributed by atoms with Gasteiger partial charge in [0.1, 0.15) is 11.5 Å². The Hall–Kier alpha value is -1.26. The summed E-state index contributed by atoms with van der Waals surface area (Å²) in [6.45, 7) is 2.37. The molecule has 1 unspecified atom stereocenters. The van der Waals surface area contributed by atoms with E-state index in [1.807, 2.05) is 19.1 Å². The second kappa shape index (κ2) is 5.72. The van der Waals surface area contributed by atoms with Crippen LogP contribution in [0.1, 0.15) is 17.2 Å². The molecule has 1 aromatic carbocycles. The van der Waals surface area contributed by atoms with Crippen LogP contribution in [0.4, 0.5) is 0 Å². The monoisotopic (exact) mass is 225 g/mol. The zero-order chi connectivity index (χ0) is 12.1. The second-order valence-corrected chi connectivity index (χ2v) is 3.52. The molecule has 0 heterocycles. The molecule has 0 radical (unpaired) electrons. The summed E-state index contributed by atoms with van der Waals surface area (Å²) in [4.78, 5) is 0. The third-order valence-electron chi connectivity index (χ3n) is 2.59. The van der Waals surface area contributed by atoms with Crippen LogP contribution in [-0.4, -0.2) is 27.9 Å². The van der Waals surface area contributed by atoms with E-state index >= 15 is 0 Å². The molecule has 4 nitrogen and oxygen atoms in total. The summed E-state index contributed by atoms with van der Waals surface area (Å²) < 4.78 is 15.9. The molecule has 16 heavy (non-hydrogen) atoms. The lowest BCUT2D eigenvalue weighted by Gasteiger charge is -2.18. The van der Waals surface area contributed by atoms with Crippen LogP contribution in [0.5, 0.6) is 11.5 Å². The Morgan fingerprint density at radius 2 is 1.75 bits per heavy atom. The average Bonchev–Trinajstić information content (AvgIpc) is 2.31. The fraction of sp³-hybridized carbons (Fsp3) is 0.500. The van der Waals surface area contributed by atoms with E-state index in [1.54, 1.807) is 21.3 Å². The normalized spacial score (nSPS) is 12.3. The van der Waals surface area contributed by atoms with Gasteiger partial charge in [-0.1, -0.05) is 0 Å². The van der Waals surface area contributed by atoms with Gasteiger partial charge in [0.25, 0.3) is 0 Å². The molecule has 0 spiro atoms. The van der Waals surface area contributed by atoms with Crippen molar-refractivity contribution in [2.24, 2.45) is 5.73 Å². The van der Waals surface area contributed by atoms with Gasteiger partial charge in [0.2, 0.25) is 0 Å². The summed E-state index contributed by atoms with van der Waals surface area (Å²) in [5.74, 6) is 1.59. The molecule has 1 rings (SSSR count). The number of aryl methyl sites for hydroxylation is 1. The van der Waals surface area contributed by atoms with Gasteiger partial charge in [-0.25, -0.2) is 0 Å². The van der Waals surface area contributed by atoms with Crippen molar-refractivity contribution in [1.82, 2.24) is 0 Å². The molecule has 0 bridgehead atoms. The highest BCUT2D eigenvalue weighted by Crippen LogP contribution is 2.33. The Morgan fingerprint density at radius 3 is 2.19 bits per heavy atom. The van der Waals surface area contributed by atoms with Gasteiger partial charge < -0.3 is 19.9 Å². The van der Waals surface area contributed by atoms with Gasteiger partial charge in [0, 0.05) is 19.2 Å². The molecule has 0 aliphatic carbocycles. The van der Waals surface area contributed by atoms with Crippen LogP contribution in [0.3, 0.4) is 0 Å². The van der Waals surface area contributed by atoms with Gasteiger partial charge in [-0.15, -0.1) is 0 Å². The summed E-state index contributed by atoms with van der Waals surface area (Å²) in [6, 6.07) is 3.84. The maximum atomic E-state index is 5.65. The van der Waals surface area contributed by atoms with Crippen molar-refractivity contribution in [3.05, 3.63) is 23.3 Å². The highest BCUT2D eigenvalue weighted by Gasteiger charge is 2.16. The third-order valence-corrected chi connectivity index (χ3v) is 2.59. The van der Waals surface area contributed by atoms with E-state index in [-0.39, 0.29) is 6.10 Å². The van der Waals surface area contributed by atoms with Crippen molar-refractivity contribution in [3.63, 3.8) is 0 Å². The number of rotatable bonds is 5. The van der Waals surface area contributed by atoms with E-state index in [0.717, 1.165) is 22.6 Å². The first-order valence-corrected chi connectivity index (χ1v) is 5.13. The minimum Gasteiger partial charge on any atom is -0.496 e. The fourth-order valence-corrected chi connectivity index (χ4v) is 1.68. The Bertz CT molecular complexity index is 348.